The average molecular weight is 304 g/mol. The first-order valence-corrected chi connectivity index (χ1v) is 7.70. The normalized spacial score (nSPS) is 19.8. The number of carbonyl (C=O) groups is 2. The number of anilines is 1. The van der Waals surface area contributed by atoms with Crippen molar-refractivity contribution in [3.8, 4) is 0 Å². The molecule has 0 heterocycles. The van der Waals surface area contributed by atoms with Crippen LogP contribution in [0.2, 0.25) is 0 Å². The quantitative estimate of drug-likeness (QED) is 0.759. The third-order valence-corrected chi connectivity index (χ3v) is 3.91. The Balaban J connectivity index is 1.80. The highest BCUT2D eigenvalue weighted by molar-refractivity contribution is 5.99. The van der Waals surface area contributed by atoms with Crippen LogP contribution >= 0.6 is 0 Å². The molecule has 2 rings (SSSR count). The highest BCUT2D eigenvalue weighted by atomic mass is 16.5. The van der Waals surface area contributed by atoms with Crippen LogP contribution in [0.1, 0.15) is 31.7 Å². The Labute approximate surface area is 131 Å². The molecule has 1 aliphatic carbocycles. The maximum Gasteiger partial charge on any atom is 0.228 e. The molecular weight excluding hydrogens is 280 g/mol. The largest absolute Gasteiger partial charge is 0.383 e. The van der Waals surface area contributed by atoms with Crippen molar-refractivity contribution in [2.24, 2.45) is 11.8 Å². The molecule has 2 atom stereocenters. The summed E-state index contributed by atoms with van der Waals surface area (Å²) in [5.74, 6) is -0.0935. The molecule has 2 unspecified atom stereocenters. The molecule has 2 N–H and O–H groups in total. The number of hydrogen-bond donors (Lipinski definition) is 2. The smallest absolute Gasteiger partial charge is 0.228 e. The number of ether oxygens (including phenoxy) is 1. The van der Waals surface area contributed by atoms with Gasteiger partial charge in [0.2, 0.25) is 11.8 Å². The molecule has 0 radical (unpaired) electrons. The predicted octanol–water partition coefficient (Wildman–Crippen LogP) is 2.15. The van der Waals surface area contributed by atoms with Crippen LogP contribution < -0.4 is 10.6 Å². The molecule has 120 valence electrons. The van der Waals surface area contributed by atoms with E-state index in [-0.39, 0.29) is 23.7 Å². The second-order valence-electron chi connectivity index (χ2n) is 6.00. The van der Waals surface area contributed by atoms with Crippen molar-refractivity contribution >= 4 is 17.5 Å². The number of nitrogens with one attached hydrogen (secondary N) is 2. The molecule has 1 aromatic rings. The summed E-state index contributed by atoms with van der Waals surface area (Å²) in [6, 6.07) is 7.84. The minimum Gasteiger partial charge on any atom is -0.383 e. The highest BCUT2D eigenvalue weighted by Crippen LogP contribution is 2.39. The first kappa shape index (κ1) is 16.5. The molecule has 0 aromatic heterocycles. The molecule has 1 aliphatic rings. The van der Waals surface area contributed by atoms with E-state index in [9.17, 15) is 9.59 Å². The van der Waals surface area contributed by atoms with Gasteiger partial charge in [0.05, 0.1) is 18.4 Å². The monoisotopic (exact) mass is 304 g/mol. The molecule has 0 bridgehead atoms. The topological polar surface area (TPSA) is 67.4 Å². The van der Waals surface area contributed by atoms with Gasteiger partial charge in [0, 0.05) is 19.3 Å². The van der Waals surface area contributed by atoms with Crippen molar-refractivity contribution in [1.29, 1.82) is 0 Å². The molecule has 22 heavy (non-hydrogen) atoms. The predicted molar refractivity (Wildman–Crippen MR) is 85.6 cm³/mol. The summed E-state index contributed by atoms with van der Waals surface area (Å²) in [6.45, 7) is 5.23. The van der Waals surface area contributed by atoms with Gasteiger partial charge in [-0.25, -0.2) is 0 Å². The van der Waals surface area contributed by atoms with E-state index in [1.165, 1.54) is 5.56 Å². The van der Waals surface area contributed by atoms with E-state index in [0.29, 0.717) is 25.5 Å². The Morgan fingerprint density at radius 1 is 1.18 bits per heavy atom. The number of amides is 2. The van der Waals surface area contributed by atoms with Gasteiger partial charge < -0.3 is 15.4 Å². The molecule has 2 amide bonds. The van der Waals surface area contributed by atoms with Crippen molar-refractivity contribution in [1.82, 2.24) is 5.32 Å². The number of methoxy groups -OCH3 is 1. The fourth-order valence-corrected chi connectivity index (χ4v) is 2.37. The van der Waals surface area contributed by atoms with Crippen LogP contribution in [-0.4, -0.2) is 32.1 Å². The average Bonchev–Trinajstić information content (AvgIpc) is 3.28. The summed E-state index contributed by atoms with van der Waals surface area (Å²) >= 11 is 0. The van der Waals surface area contributed by atoms with Crippen LogP contribution in [0.4, 0.5) is 5.69 Å². The van der Waals surface area contributed by atoms with Gasteiger partial charge in [-0.2, -0.15) is 0 Å². The number of hydrogen-bond acceptors (Lipinski definition) is 3. The zero-order valence-corrected chi connectivity index (χ0v) is 13.4. The van der Waals surface area contributed by atoms with E-state index in [1.807, 2.05) is 24.3 Å². The Morgan fingerprint density at radius 2 is 1.82 bits per heavy atom. The van der Waals surface area contributed by atoms with Gasteiger partial charge in [-0.3, -0.25) is 9.59 Å². The third kappa shape index (κ3) is 4.31. The minimum atomic E-state index is -0.215. The zero-order valence-electron chi connectivity index (χ0n) is 13.4. The van der Waals surface area contributed by atoms with Gasteiger partial charge >= 0.3 is 0 Å². The van der Waals surface area contributed by atoms with Crippen molar-refractivity contribution in [2.45, 2.75) is 26.2 Å². The minimum absolute atomic E-state index is 0.0626. The molecular formula is C17H24N2O3. The van der Waals surface area contributed by atoms with Gasteiger partial charge in [0.15, 0.2) is 0 Å². The van der Waals surface area contributed by atoms with Gasteiger partial charge in [-0.05, 0) is 30.0 Å². The second kappa shape index (κ2) is 7.40. The van der Waals surface area contributed by atoms with Gasteiger partial charge in [-0.15, -0.1) is 0 Å². The first-order valence-electron chi connectivity index (χ1n) is 7.70. The SMILES string of the molecule is COCCNC(=O)C1CC1C(=O)Nc1ccc(C(C)C)cc1. The summed E-state index contributed by atoms with van der Waals surface area (Å²) in [4.78, 5) is 23.9. The van der Waals surface area contributed by atoms with E-state index in [0.717, 1.165) is 5.69 Å². The fourth-order valence-electron chi connectivity index (χ4n) is 2.37. The standard InChI is InChI=1S/C17H24N2O3/c1-11(2)12-4-6-13(7-5-12)19-17(21)15-10-14(15)16(20)18-8-9-22-3/h4-7,11,14-15H,8-10H2,1-3H3,(H,18,20)(H,19,21). The Kier molecular flexibility index (Phi) is 5.55. The van der Waals surface area contributed by atoms with E-state index in [1.54, 1.807) is 7.11 Å². The third-order valence-electron chi connectivity index (χ3n) is 3.91. The van der Waals surface area contributed by atoms with Crippen molar-refractivity contribution in [2.75, 3.05) is 25.6 Å². The molecule has 5 heteroatoms. The van der Waals surface area contributed by atoms with Crippen LogP contribution in [0.3, 0.4) is 0 Å². The van der Waals surface area contributed by atoms with Crippen LogP contribution in [0.25, 0.3) is 0 Å². The lowest BCUT2D eigenvalue weighted by Gasteiger charge is -2.08. The lowest BCUT2D eigenvalue weighted by Crippen LogP contribution is -2.30. The lowest BCUT2D eigenvalue weighted by atomic mass is 10.0. The molecule has 1 saturated carbocycles. The highest BCUT2D eigenvalue weighted by Gasteiger charge is 2.47. The molecule has 1 aromatic carbocycles. The maximum absolute atomic E-state index is 12.1. The molecule has 0 spiro atoms. The molecule has 0 aliphatic heterocycles. The van der Waals surface area contributed by atoms with E-state index < -0.39 is 0 Å². The summed E-state index contributed by atoms with van der Waals surface area (Å²) in [6.07, 6.45) is 0.620. The van der Waals surface area contributed by atoms with E-state index in [2.05, 4.69) is 24.5 Å². The van der Waals surface area contributed by atoms with Crippen molar-refractivity contribution < 1.29 is 14.3 Å². The maximum atomic E-state index is 12.1. The summed E-state index contributed by atoms with van der Waals surface area (Å²) in [5.41, 5.74) is 2.01. The Morgan fingerprint density at radius 3 is 2.41 bits per heavy atom. The summed E-state index contributed by atoms with van der Waals surface area (Å²) < 4.78 is 4.88. The number of benzene rings is 1. The molecule has 0 saturated heterocycles. The summed E-state index contributed by atoms with van der Waals surface area (Å²) in [5, 5.41) is 5.65. The van der Waals surface area contributed by atoms with E-state index >= 15 is 0 Å². The zero-order chi connectivity index (χ0) is 16.1. The van der Waals surface area contributed by atoms with E-state index in [4.69, 9.17) is 4.74 Å². The lowest BCUT2D eigenvalue weighted by molar-refractivity contribution is -0.125. The van der Waals surface area contributed by atoms with Crippen molar-refractivity contribution in [3.63, 3.8) is 0 Å². The first-order chi connectivity index (χ1) is 10.5. The second-order valence-corrected chi connectivity index (χ2v) is 6.00. The van der Waals surface area contributed by atoms with Crippen molar-refractivity contribution in [3.05, 3.63) is 29.8 Å². The Bertz CT molecular complexity index is 525. The number of carbonyl (C=O) groups excluding carboxylic acids is 2. The van der Waals surface area contributed by atoms with Crippen LogP contribution in [0.5, 0.6) is 0 Å². The fraction of sp³-hybridized carbons (Fsp3) is 0.529. The molecule has 5 nitrogen and oxygen atoms in total. The van der Waals surface area contributed by atoms with Gasteiger partial charge in [0.1, 0.15) is 0 Å². The Hall–Kier alpha value is -1.88. The number of rotatable bonds is 7. The summed E-state index contributed by atoms with van der Waals surface area (Å²) in [7, 11) is 1.59. The van der Waals surface area contributed by atoms with Crippen LogP contribution in [-0.2, 0) is 14.3 Å². The van der Waals surface area contributed by atoms with Crippen LogP contribution in [0, 0.1) is 11.8 Å². The van der Waals surface area contributed by atoms with Gasteiger partial charge in [0.25, 0.3) is 0 Å². The molecule has 1 fully saturated rings. The van der Waals surface area contributed by atoms with Gasteiger partial charge in [-0.1, -0.05) is 26.0 Å². The van der Waals surface area contributed by atoms with Crippen LogP contribution in [0.15, 0.2) is 24.3 Å².